The molecule has 94 valence electrons. The zero-order valence-electron chi connectivity index (χ0n) is 10.6. The second-order valence-electron chi connectivity index (χ2n) is 4.37. The molecule has 0 unspecified atom stereocenters. The third-order valence-corrected chi connectivity index (χ3v) is 3.19. The predicted octanol–water partition coefficient (Wildman–Crippen LogP) is 0.587. The number of piperidine rings is 1. The van der Waals surface area contributed by atoms with Gasteiger partial charge < -0.3 is 15.5 Å². The highest BCUT2D eigenvalue weighted by Crippen LogP contribution is 2.09. The van der Waals surface area contributed by atoms with Crippen molar-refractivity contribution in [2.45, 2.75) is 39.2 Å². The average molecular weight is 227 g/mol. The first kappa shape index (κ1) is 13.5. The van der Waals surface area contributed by atoms with Crippen LogP contribution in [0.25, 0.3) is 0 Å². The molecule has 0 aromatic rings. The van der Waals surface area contributed by atoms with Crippen molar-refractivity contribution in [1.82, 2.24) is 15.5 Å². The van der Waals surface area contributed by atoms with Crippen LogP contribution in [0.15, 0.2) is 0 Å². The smallest absolute Gasteiger partial charge is 0.221 e. The number of hydrogen-bond acceptors (Lipinski definition) is 3. The van der Waals surface area contributed by atoms with E-state index >= 15 is 0 Å². The van der Waals surface area contributed by atoms with Crippen molar-refractivity contribution in [3.05, 3.63) is 0 Å². The summed E-state index contributed by atoms with van der Waals surface area (Å²) in [6, 6.07) is 0.609. The minimum Gasteiger partial charge on any atom is -0.356 e. The third-order valence-electron chi connectivity index (χ3n) is 3.19. The first-order chi connectivity index (χ1) is 7.76. The molecule has 4 heteroatoms. The largest absolute Gasteiger partial charge is 0.356 e. The summed E-state index contributed by atoms with van der Waals surface area (Å²) in [6.45, 7) is 9.24. The van der Waals surface area contributed by atoms with E-state index in [0.29, 0.717) is 12.5 Å². The van der Waals surface area contributed by atoms with E-state index in [1.807, 2.05) is 6.92 Å². The van der Waals surface area contributed by atoms with Crippen molar-refractivity contribution < 1.29 is 4.79 Å². The fourth-order valence-corrected chi connectivity index (χ4v) is 2.13. The van der Waals surface area contributed by atoms with E-state index in [0.717, 1.165) is 19.6 Å². The Morgan fingerprint density at radius 3 is 2.56 bits per heavy atom. The standard InChI is InChI=1S/C12H25N3O/c1-3-13-12(16)5-8-14-11-6-9-15(4-2)10-7-11/h11,14H,3-10H2,1-2H3,(H,13,16). The third kappa shape index (κ3) is 4.94. The molecule has 4 nitrogen and oxygen atoms in total. The topological polar surface area (TPSA) is 44.4 Å². The highest BCUT2D eigenvalue weighted by atomic mass is 16.1. The molecule has 0 saturated carbocycles. The van der Waals surface area contributed by atoms with E-state index in [1.165, 1.54) is 25.9 Å². The first-order valence-corrected chi connectivity index (χ1v) is 6.48. The maximum absolute atomic E-state index is 11.2. The van der Waals surface area contributed by atoms with Gasteiger partial charge >= 0.3 is 0 Å². The Morgan fingerprint density at radius 1 is 1.31 bits per heavy atom. The van der Waals surface area contributed by atoms with E-state index in [2.05, 4.69) is 22.5 Å². The van der Waals surface area contributed by atoms with Crippen molar-refractivity contribution in [2.75, 3.05) is 32.7 Å². The highest BCUT2D eigenvalue weighted by Gasteiger charge is 2.17. The van der Waals surface area contributed by atoms with Crippen LogP contribution in [-0.2, 0) is 4.79 Å². The van der Waals surface area contributed by atoms with E-state index < -0.39 is 0 Å². The SMILES string of the molecule is CCNC(=O)CCNC1CCN(CC)CC1. The molecule has 1 aliphatic rings. The van der Waals surface area contributed by atoms with Gasteiger partial charge in [0.05, 0.1) is 0 Å². The molecule has 0 bridgehead atoms. The first-order valence-electron chi connectivity index (χ1n) is 6.48. The molecule has 1 fully saturated rings. The van der Waals surface area contributed by atoms with Gasteiger partial charge in [-0.25, -0.2) is 0 Å². The number of likely N-dealkylation sites (tertiary alicyclic amines) is 1. The Hall–Kier alpha value is -0.610. The van der Waals surface area contributed by atoms with Crippen molar-refractivity contribution in [1.29, 1.82) is 0 Å². The van der Waals surface area contributed by atoms with Crippen LogP contribution in [-0.4, -0.2) is 49.6 Å². The molecule has 2 N–H and O–H groups in total. The fraction of sp³-hybridized carbons (Fsp3) is 0.917. The molecule has 1 amide bonds. The molecule has 1 rings (SSSR count). The molecule has 0 aromatic heterocycles. The number of nitrogens with one attached hydrogen (secondary N) is 2. The van der Waals surface area contributed by atoms with Gasteiger partial charge in [-0.2, -0.15) is 0 Å². The van der Waals surface area contributed by atoms with E-state index in [1.54, 1.807) is 0 Å². The predicted molar refractivity (Wildman–Crippen MR) is 66.4 cm³/mol. The van der Waals surface area contributed by atoms with Gasteiger partial charge in [-0.3, -0.25) is 4.79 Å². The Labute approximate surface area is 98.8 Å². The van der Waals surface area contributed by atoms with Gasteiger partial charge in [-0.05, 0) is 39.4 Å². The van der Waals surface area contributed by atoms with Gasteiger partial charge in [0.1, 0.15) is 0 Å². The molecular formula is C12H25N3O. The molecule has 1 aliphatic heterocycles. The van der Waals surface area contributed by atoms with Gasteiger partial charge in [0.25, 0.3) is 0 Å². The second-order valence-corrected chi connectivity index (χ2v) is 4.37. The van der Waals surface area contributed by atoms with Gasteiger partial charge in [0, 0.05) is 25.6 Å². The van der Waals surface area contributed by atoms with Crippen molar-refractivity contribution in [3.8, 4) is 0 Å². The summed E-state index contributed by atoms with van der Waals surface area (Å²) in [5.74, 6) is 0.154. The lowest BCUT2D eigenvalue weighted by atomic mass is 10.1. The zero-order valence-corrected chi connectivity index (χ0v) is 10.6. The summed E-state index contributed by atoms with van der Waals surface area (Å²) < 4.78 is 0. The van der Waals surface area contributed by atoms with Crippen LogP contribution < -0.4 is 10.6 Å². The quantitative estimate of drug-likeness (QED) is 0.698. The number of rotatable bonds is 6. The lowest BCUT2D eigenvalue weighted by Gasteiger charge is -2.31. The minimum absolute atomic E-state index is 0.154. The molecule has 0 aliphatic carbocycles. The highest BCUT2D eigenvalue weighted by molar-refractivity contribution is 5.75. The van der Waals surface area contributed by atoms with Crippen LogP contribution in [0.3, 0.4) is 0 Å². The van der Waals surface area contributed by atoms with Gasteiger partial charge in [-0.1, -0.05) is 6.92 Å². The number of hydrogen-bond donors (Lipinski definition) is 2. The van der Waals surface area contributed by atoms with Crippen LogP contribution in [0, 0.1) is 0 Å². The summed E-state index contributed by atoms with van der Waals surface area (Å²) in [6.07, 6.45) is 3.02. The van der Waals surface area contributed by atoms with E-state index in [4.69, 9.17) is 0 Å². The normalized spacial score (nSPS) is 18.6. The number of amides is 1. The second kappa shape index (κ2) is 7.63. The zero-order chi connectivity index (χ0) is 11.8. The molecule has 0 spiro atoms. The molecule has 0 aromatic carbocycles. The van der Waals surface area contributed by atoms with Crippen molar-refractivity contribution >= 4 is 5.91 Å². The summed E-state index contributed by atoms with van der Waals surface area (Å²) in [7, 11) is 0. The lowest BCUT2D eigenvalue weighted by Crippen LogP contribution is -2.43. The maximum atomic E-state index is 11.2. The Bertz CT molecular complexity index is 200. The molecule has 0 atom stereocenters. The molecular weight excluding hydrogens is 202 g/mol. The van der Waals surface area contributed by atoms with Crippen LogP contribution >= 0.6 is 0 Å². The maximum Gasteiger partial charge on any atom is 0.221 e. The Balaban J connectivity index is 2.04. The van der Waals surface area contributed by atoms with Gasteiger partial charge in [0.2, 0.25) is 5.91 Å². The lowest BCUT2D eigenvalue weighted by molar-refractivity contribution is -0.120. The number of carbonyl (C=O) groups is 1. The average Bonchev–Trinajstić information content (AvgIpc) is 2.30. The van der Waals surface area contributed by atoms with Crippen LogP contribution in [0.2, 0.25) is 0 Å². The van der Waals surface area contributed by atoms with E-state index in [-0.39, 0.29) is 5.91 Å². The van der Waals surface area contributed by atoms with Gasteiger partial charge in [-0.15, -0.1) is 0 Å². The molecule has 1 heterocycles. The van der Waals surface area contributed by atoms with Crippen LogP contribution in [0.4, 0.5) is 0 Å². The summed E-state index contributed by atoms with van der Waals surface area (Å²) in [5.41, 5.74) is 0. The van der Waals surface area contributed by atoms with Crippen LogP contribution in [0.5, 0.6) is 0 Å². The Kier molecular flexibility index (Phi) is 6.42. The number of nitrogens with zero attached hydrogens (tertiary/aromatic N) is 1. The summed E-state index contributed by atoms with van der Waals surface area (Å²) >= 11 is 0. The molecule has 0 radical (unpaired) electrons. The molecule has 16 heavy (non-hydrogen) atoms. The van der Waals surface area contributed by atoms with Gasteiger partial charge in [0.15, 0.2) is 0 Å². The number of carbonyl (C=O) groups excluding carboxylic acids is 1. The minimum atomic E-state index is 0.154. The summed E-state index contributed by atoms with van der Waals surface area (Å²) in [5, 5.41) is 6.28. The fourth-order valence-electron chi connectivity index (χ4n) is 2.13. The summed E-state index contributed by atoms with van der Waals surface area (Å²) in [4.78, 5) is 13.7. The van der Waals surface area contributed by atoms with Crippen LogP contribution in [0.1, 0.15) is 33.1 Å². The van der Waals surface area contributed by atoms with Crippen molar-refractivity contribution in [2.24, 2.45) is 0 Å². The molecule has 1 saturated heterocycles. The monoisotopic (exact) mass is 227 g/mol. The Morgan fingerprint density at radius 2 is 2.00 bits per heavy atom. The van der Waals surface area contributed by atoms with E-state index in [9.17, 15) is 4.79 Å². The van der Waals surface area contributed by atoms with Crippen molar-refractivity contribution in [3.63, 3.8) is 0 Å².